The Bertz CT molecular complexity index is 805. The molecule has 0 aromatic heterocycles. The molecule has 0 bridgehead atoms. The van der Waals surface area contributed by atoms with Crippen LogP contribution in [0.1, 0.15) is 24.9 Å². The molecule has 0 spiro atoms. The lowest BCUT2D eigenvalue weighted by atomic mass is 10.1. The standard InChI is InChI=1S/C17H17BrClNO3S/c1-12(13-2-4-14(18)5-3-13)20-17(21)10-11-24(22,23)16-8-6-15(19)7-9-16/h2-9,12H,10-11H2,1H3,(H,20,21)/t12-/m1/s1. The molecule has 1 amide bonds. The third kappa shape index (κ3) is 5.33. The highest BCUT2D eigenvalue weighted by Gasteiger charge is 2.17. The Kier molecular flexibility index (Phi) is 6.43. The van der Waals surface area contributed by atoms with Crippen LogP contribution in [0.25, 0.3) is 0 Å². The van der Waals surface area contributed by atoms with Crippen LogP contribution in [0.4, 0.5) is 0 Å². The van der Waals surface area contributed by atoms with Crippen LogP contribution in [0.5, 0.6) is 0 Å². The molecule has 1 atom stereocenters. The molecule has 0 radical (unpaired) electrons. The Balaban J connectivity index is 1.92. The molecule has 0 saturated heterocycles. The highest BCUT2D eigenvalue weighted by molar-refractivity contribution is 9.10. The Morgan fingerprint density at radius 2 is 1.71 bits per heavy atom. The lowest BCUT2D eigenvalue weighted by Gasteiger charge is -2.14. The molecule has 7 heteroatoms. The first kappa shape index (κ1) is 19.0. The number of sulfone groups is 1. The van der Waals surface area contributed by atoms with Crippen molar-refractivity contribution >= 4 is 43.3 Å². The number of nitrogens with one attached hydrogen (secondary N) is 1. The third-order valence-electron chi connectivity index (χ3n) is 3.52. The van der Waals surface area contributed by atoms with E-state index in [-0.39, 0.29) is 29.0 Å². The monoisotopic (exact) mass is 429 g/mol. The van der Waals surface area contributed by atoms with Crippen LogP contribution in [0.15, 0.2) is 57.9 Å². The first-order chi connectivity index (χ1) is 11.3. The largest absolute Gasteiger partial charge is 0.350 e. The van der Waals surface area contributed by atoms with Gasteiger partial charge in [0.15, 0.2) is 9.84 Å². The zero-order valence-corrected chi connectivity index (χ0v) is 16.2. The van der Waals surface area contributed by atoms with Crippen molar-refractivity contribution in [1.82, 2.24) is 5.32 Å². The van der Waals surface area contributed by atoms with Gasteiger partial charge in [-0.05, 0) is 48.9 Å². The molecule has 0 unspecified atom stereocenters. The SMILES string of the molecule is C[C@@H](NC(=O)CCS(=O)(=O)c1ccc(Cl)cc1)c1ccc(Br)cc1. The van der Waals surface area contributed by atoms with E-state index in [1.165, 1.54) is 24.3 Å². The minimum atomic E-state index is -3.50. The van der Waals surface area contributed by atoms with Crippen molar-refractivity contribution in [3.05, 3.63) is 63.6 Å². The summed E-state index contributed by atoms with van der Waals surface area (Å²) >= 11 is 9.11. The van der Waals surface area contributed by atoms with Crippen LogP contribution in [0, 0.1) is 0 Å². The van der Waals surface area contributed by atoms with Gasteiger partial charge in [-0.15, -0.1) is 0 Å². The molecule has 4 nitrogen and oxygen atoms in total. The first-order valence-electron chi connectivity index (χ1n) is 7.31. The predicted molar refractivity (Wildman–Crippen MR) is 98.8 cm³/mol. The van der Waals surface area contributed by atoms with Gasteiger partial charge in [0.2, 0.25) is 5.91 Å². The highest BCUT2D eigenvalue weighted by atomic mass is 79.9. The summed E-state index contributed by atoms with van der Waals surface area (Å²) in [6.45, 7) is 1.86. The maximum atomic E-state index is 12.2. The second kappa shape index (κ2) is 8.14. The molecule has 2 aromatic rings. The number of rotatable bonds is 6. The Hall–Kier alpha value is -1.37. The van der Waals surface area contributed by atoms with Crippen LogP contribution in [0.2, 0.25) is 5.02 Å². The fourth-order valence-electron chi connectivity index (χ4n) is 2.14. The van der Waals surface area contributed by atoms with E-state index in [0.717, 1.165) is 10.0 Å². The van der Waals surface area contributed by atoms with E-state index in [0.29, 0.717) is 5.02 Å². The molecule has 0 heterocycles. The van der Waals surface area contributed by atoms with Gasteiger partial charge in [0.25, 0.3) is 0 Å². The van der Waals surface area contributed by atoms with Crippen LogP contribution in [-0.4, -0.2) is 20.1 Å². The van der Waals surface area contributed by atoms with Gasteiger partial charge in [0, 0.05) is 15.9 Å². The average molecular weight is 431 g/mol. The van der Waals surface area contributed by atoms with Crippen molar-refractivity contribution in [2.75, 3.05) is 5.75 Å². The van der Waals surface area contributed by atoms with Crippen molar-refractivity contribution in [2.24, 2.45) is 0 Å². The molecule has 0 fully saturated rings. The molecule has 1 N–H and O–H groups in total. The lowest BCUT2D eigenvalue weighted by molar-refractivity contribution is -0.121. The highest BCUT2D eigenvalue weighted by Crippen LogP contribution is 2.18. The van der Waals surface area contributed by atoms with Gasteiger partial charge >= 0.3 is 0 Å². The maximum Gasteiger partial charge on any atom is 0.221 e. The van der Waals surface area contributed by atoms with Crippen LogP contribution in [0.3, 0.4) is 0 Å². The van der Waals surface area contributed by atoms with Gasteiger partial charge in [-0.3, -0.25) is 4.79 Å². The van der Waals surface area contributed by atoms with E-state index in [4.69, 9.17) is 11.6 Å². The average Bonchev–Trinajstić information content (AvgIpc) is 2.54. The third-order valence-corrected chi connectivity index (χ3v) is 6.03. The van der Waals surface area contributed by atoms with E-state index in [1.807, 2.05) is 31.2 Å². The quantitative estimate of drug-likeness (QED) is 0.749. The molecule has 2 aromatic carbocycles. The minimum absolute atomic E-state index is 0.0914. The number of hydrogen-bond donors (Lipinski definition) is 1. The Morgan fingerprint density at radius 3 is 2.29 bits per heavy atom. The lowest BCUT2D eigenvalue weighted by Crippen LogP contribution is -2.28. The Morgan fingerprint density at radius 1 is 1.12 bits per heavy atom. The summed E-state index contributed by atoms with van der Waals surface area (Å²) in [6.07, 6.45) is -0.0914. The van der Waals surface area contributed by atoms with Gasteiger partial charge in [-0.2, -0.15) is 0 Å². The molecular formula is C17H17BrClNO3S. The van der Waals surface area contributed by atoms with Gasteiger partial charge in [0.05, 0.1) is 16.7 Å². The molecule has 24 heavy (non-hydrogen) atoms. The summed E-state index contributed by atoms with van der Waals surface area (Å²) in [5, 5.41) is 3.28. The molecule has 2 rings (SSSR count). The van der Waals surface area contributed by atoms with E-state index >= 15 is 0 Å². The molecule has 0 aliphatic rings. The van der Waals surface area contributed by atoms with Gasteiger partial charge in [-0.25, -0.2) is 8.42 Å². The molecule has 0 saturated carbocycles. The van der Waals surface area contributed by atoms with Crippen LogP contribution in [-0.2, 0) is 14.6 Å². The van der Waals surface area contributed by atoms with E-state index in [2.05, 4.69) is 21.2 Å². The normalized spacial score (nSPS) is 12.6. The number of hydrogen-bond acceptors (Lipinski definition) is 3. The summed E-state index contributed by atoms with van der Waals surface area (Å²) in [6, 6.07) is 13.3. The fraction of sp³-hybridized carbons (Fsp3) is 0.235. The second-order valence-electron chi connectivity index (χ2n) is 5.36. The van der Waals surface area contributed by atoms with Crippen molar-refractivity contribution in [2.45, 2.75) is 24.3 Å². The van der Waals surface area contributed by atoms with Crippen LogP contribution >= 0.6 is 27.5 Å². The smallest absolute Gasteiger partial charge is 0.221 e. The molecule has 128 valence electrons. The number of carbonyl (C=O) groups is 1. The number of halogens is 2. The van der Waals surface area contributed by atoms with Crippen LogP contribution < -0.4 is 5.32 Å². The molecular weight excluding hydrogens is 414 g/mol. The van der Waals surface area contributed by atoms with Gasteiger partial charge in [0.1, 0.15) is 0 Å². The molecule has 0 aliphatic carbocycles. The van der Waals surface area contributed by atoms with Gasteiger partial charge < -0.3 is 5.32 Å². The topological polar surface area (TPSA) is 63.2 Å². The molecule has 0 aliphatic heterocycles. The number of benzene rings is 2. The summed E-state index contributed by atoms with van der Waals surface area (Å²) in [5.74, 6) is -0.545. The van der Waals surface area contributed by atoms with E-state index < -0.39 is 9.84 Å². The summed E-state index contributed by atoms with van der Waals surface area (Å²) in [5.41, 5.74) is 0.951. The zero-order chi connectivity index (χ0) is 17.7. The van der Waals surface area contributed by atoms with Crippen molar-refractivity contribution in [3.8, 4) is 0 Å². The summed E-state index contributed by atoms with van der Waals surface area (Å²) in [4.78, 5) is 12.2. The first-order valence-corrected chi connectivity index (χ1v) is 10.1. The van der Waals surface area contributed by atoms with Crippen molar-refractivity contribution < 1.29 is 13.2 Å². The summed E-state index contributed by atoms with van der Waals surface area (Å²) in [7, 11) is -3.50. The second-order valence-corrected chi connectivity index (χ2v) is 8.82. The number of carbonyl (C=O) groups excluding carboxylic acids is 1. The Labute approximate surface area is 155 Å². The predicted octanol–water partition coefficient (Wildman–Crippen LogP) is 4.14. The minimum Gasteiger partial charge on any atom is -0.350 e. The van der Waals surface area contributed by atoms with E-state index in [9.17, 15) is 13.2 Å². The van der Waals surface area contributed by atoms with Gasteiger partial charge in [-0.1, -0.05) is 39.7 Å². The van der Waals surface area contributed by atoms with E-state index in [1.54, 1.807) is 0 Å². The van der Waals surface area contributed by atoms with Crippen molar-refractivity contribution in [1.29, 1.82) is 0 Å². The summed E-state index contributed by atoms with van der Waals surface area (Å²) < 4.78 is 25.4. The van der Waals surface area contributed by atoms with Crippen molar-refractivity contribution in [3.63, 3.8) is 0 Å². The fourth-order valence-corrected chi connectivity index (χ4v) is 3.77. The maximum absolute atomic E-state index is 12.2. The zero-order valence-electron chi connectivity index (χ0n) is 13.0. The number of amides is 1.